The van der Waals surface area contributed by atoms with Crippen LogP contribution in [0.15, 0.2) is 6.07 Å². The van der Waals surface area contributed by atoms with E-state index in [0.717, 1.165) is 24.6 Å². The van der Waals surface area contributed by atoms with Crippen LogP contribution in [-0.2, 0) is 6.42 Å². The predicted octanol–water partition coefficient (Wildman–Crippen LogP) is 2.05. The number of nitriles is 1. The standard InChI is InChI=1S/C14H20N4/c1-11-10-13(12-5-8-18(2)9-6-12)17-14(16-11)4-3-7-15/h10,12H,3-6,8-9H2,1-2H3. The van der Waals surface area contributed by atoms with Gasteiger partial charge in [0.15, 0.2) is 0 Å². The van der Waals surface area contributed by atoms with Gasteiger partial charge in [0.2, 0.25) is 0 Å². The highest BCUT2D eigenvalue weighted by atomic mass is 15.1. The maximum Gasteiger partial charge on any atom is 0.129 e. The zero-order valence-electron chi connectivity index (χ0n) is 11.2. The molecule has 4 heteroatoms. The quantitative estimate of drug-likeness (QED) is 0.816. The Morgan fingerprint density at radius 1 is 1.39 bits per heavy atom. The Balaban J connectivity index is 2.12. The lowest BCUT2D eigenvalue weighted by Crippen LogP contribution is -2.29. The lowest BCUT2D eigenvalue weighted by molar-refractivity contribution is 0.253. The van der Waals surface area contributed by atoms with Gasteiger partial charge in [-0.25, -0.2) is 9.97 Å². The molecule has 0 spiro atoms. The fourth-order valence-electron chi connectivity index (χ4n) is 2.45. The normalized spacial score (nSPS) is 17.6. The second kappa shape index (κ2) is 5.92. The van der Waals surface area contributed by atoms with Crippen molar-refractivity contribution in [1.82, 2.24) is 14.9 Å². The average molecular weight is 244 g/mol. The van der Waals surface area contributed by atoms with Crippen LogP contribution in [0.5, 0.6) is 0 Å². The maximum atomic E-state index is 8.63. The smallest absolute Gasteiger partial charge is 0.129 e. The molecule has 0 atom stereocenters. The van der Waals surface area contributed by atoms with Gasteiger partial charge in [0, 0.05) is 30.1 Å². The summed E-state index contributed by atoms with van der Waals surface area (Å²) < 4.78 is 0. The summed E-state index contributed by atoms with van der Waals surface area (Å²) in [5, 5.41) is 8.63. The minimum atomic E-state index is 0.496. The SMILES string of the molecule is Cc1cc(C2CCN(C)CC2)nc(CCC#N)n1. The molecule has 0 radical (unpaired) electrons. The van der Waals surface area contributed by atoms with Gasteiger partial charge < -0.3 is 4.90 Å². The van der Waals surface area contributed by atoms with E-state index < -0.39 is 0 Å². The van der Waals surface area contributed by atoms with E-state index >= 15 is 0 Å². The van der Waals surface area contributed by atoms with Crippen LogP contribution in [0.25, 0.3) is 0 Å². The van der Waals surface area contributed by atoms with Gasteiger partial charge in [-0.1, -0.05) is 0 Å². The number of aromatic nitrogens is 2. The monoisotopic (exact) mass is 244 g/mol. The third kappa shape index (κ3) is 3.27. The van der Waals surface area contributed by atoms with E-state index in [9.17, 15) is 0 Å². The zero-order chi connectivity index (χ0) is 13.0. The number of nitrogens with zero attached hydrogens (tertiary/aromatic N) is 4. The molecule has 4 nitrogen and oxygen atoms in total. The van der Waals surface area contributed by atoms with Crippen LogP contribution >= 0.6 is 0 Å². The predicted molar refractivity (Wildman–Crippen MR) is 70.2 cm³/mol. The molecule has 0 aromatic carbocycles. The average Bonchev–Trinajstić information content (AvgIpc) is 2.36. The number of rotatable bonds is 3. The first kappa shape index (κ1) is 13.0. The van der Waals surface area contributed by atoms with Crippen LogP contribution in [0.4, 0.5) is 0 Å². The summed E-state index contributed by atoms with van der Waals surface area (Å²) in [6.45, 7) is 4.29. The fourth-order valence-corrected chi connectivity index (χ4v) is 2.45. The molecular weight excluding hydrogens is 224 g/mol. The first-order chi connectivity index (χ1) is 8.69. The van der Waals surface area contributed by atoms with Gasteiger partial charge >= 0.3 is 0 Å². The van der Waals surface area contributed by atoms with Crippen molar-refractivity contribution in [2.45, 2.75) is 38.5 Å². The first-order valence-corrected chi connectivity index (χ1v) is 6.59. The summed E-state index contributed by atoms with van der Waals surface area (Å²) in [5.41, 5.74) is 2.19. The van der Waals surface area contributed by atoms with E-state index in [1.54, 1.807) is 0 Å². The molecule has 2 heterocycles. The molecule has 2 rings (SSSR count). The van der Waals surface area contributed by atoms with Gasteiger partial charge in [-0.05, 0) is 46.0 Å². The third-order valence-electron chi connectivity index (χ3n) is 3.52. The summed E-state index contributed by atoms with van der Waals surface area (Å²) in [6.07, 6.45) is 3.50. The minimum absolute atomic E-state index is 0.496. The molecule has 0 unspecified atom stereocenters. The van der Waals surface area contributed by atoms with Crippen LogP contribution in [-0.4, -0.2) is 35.0 Å². The molecule has 0 aliphatic carbocycles. The molecule has 1 aromatic rings. The highest BCUT2D eigenvalue weighted by Crippen LogP contribution is 2.26. The van der Waals surface area contributed by atoms with Crippen LogP contribution in [0, 0.1) is 18.3 Å². The van der Waals surface area contributed by atoms with Crippen molar-refractivity contribution in [3.05, 3.63) is 23.3 Å². The number of piperidine rings is 1. The highest BCUT2D eigenvalue weighted by molar-refractivity contribution is 5.15. The van der Waals surface area contributed by atoms with Gasteiger partial charge in [-0.15, -0.1) is 0 Å². The maximum absolute atomic E-state index is 8.63. The molecule has 0 bridgehead atoms. The molecule has 96 valence electrons. The van der Waals surface area contributed by atoms with E-state index in [1.807, 2.05) is 6.92 Å². The molecule has 1 saturated heterocycles. The summed E-state index contributed by atoms with van der Waals surface area (Å²) >= 11 is 0. The summed E-state index contributed by atoms with van der Waals surface area (Å²) in [4.78, 5) is 11.4. The second-order valence-corrected chi connectivity index (χ2v) is 5.09. The Hall–Kier alpha value is -1.47. The van der Waals surface area contributed by atoms with E-state index in [2.05, 4.69) is 34.1 Å². The van der Waals surface area contributed by atoms with Crippen molar-refractivity contribution in [2.24, 2.45) is 0 Å². The van der Waals surface area contributed by atoms with Gasteiger partial charge in [0.05, 0.1) is 6.07 Å². The van der Waals surface area contributed by atoms with Crippen LogP contribution < -0.4 is 0 Å². The fraction of sp³-hybridized carbons (Fsp3) is 0.643. The van der Waals surface area contributed by atoms with Crippen molar-refractivity contribution >= 4 is 0 Å². The number of likely N-dealkylation sites (tertiary alicyclic amines) is 1. The van der Waals surface area contributed by atoms with E-state index in [-0.39, 0.29) is 0 Å². The summed E-state index contributed by atoms with van der Waals surface area (Å²) in [7, 11) is 2.17. The van der Waals surface area contributed by atoms with Crippen LogP contribution in [0.1, 0.15) is 42.4 Å². The van der Waals surface area contributed by atoms with Gasteiger partial charge in [-0.3, -0.25) is 0 Å². The van der Waals surface area contributed by atoms with Crippen molar-refractivity contribution in [2.75, 3.05) is 20.1 Å². The molecule has 1 aromatic heterocycles. The first-order valence-electron chi connectivity index (χ1n) is 6.59. The van der Waals surface area contributed by atoms with E-state index in [4.69, 9.17) is 5.26 Å². The Morgan fingerprint density at radius 2 is 2.11 bits per heavy atom. The Kier molecular flexibility index (Phi) is 4.27. The van der Waals surface area contributed by atoms with Crippen LogP contribution in [0.2, 0.25) is 0 Å². The topological polar surface area (TPSA) is 52.8 Å². The van der Waals surface area contributed by atoms with Crippen molar-refractivity contribution in [3.8, 4) is 6.07 Å². The second-order valence-electron chi connectivity index (χ2n) is 5.09. The molecule has 0 saturated carbocycles. The summed E-state index contributed by atoms with van der Waals surface area (Å²) in [5.74, 6) is 1.38. The van der Waals surface area contributed by atoms with Gasteiger partial charge in [0.1, 0.15) is 5.82 Å². The van der Waals surface area contributed by atoms with Crippen LogP contribution in [0.3, 0.4) is 0 Å². The van der Waals surface area contributed by atoms with Gasteiger partial charge in [-0.2, -0.15) is 5.26 Å². The number of hydrogen-bond acceptors (Lipinski definition) is 4. The zero-order valence-corrected chi connectivity index (χ0v) is 11.2. The third-order valence-corrected chi connectivity index (χ3v) is 3.52. The molecule has 18 heavy (non-hydrogen) atoms. The van der Waals surface area contributed by atoms with Crippen molar-refractivity contribution < 1.29 is 0 Å². The Morgan fingerprint density at radius 3 is 2.78 bits per heavy atom. The molecule has 0 amide bonds. The largest absolute Gasteiger partial charge is 0.306 e. The van der Waals surface area contributed by atoms with E-state index in [0.29, 0.717) is 18.8 Å². The van der Waals surface area contributed by atoms with Crippen molar-refractivity contribution in [1.29, 1.82) is 5.26 Å². The Bertz CT molecular complexity index is 442. The Labute approximate surface area is 109 Å². The van der Waals surface area contributed by atoms with Crippen molar-refractivity contribution in [3.63, 3.8) is 0 Å². The van der Waals surface area contributed by atoms with E-state index in [1.165, 1.54) is 18.5 Å². The molecular formula is C14H20N4. The summed E-state index contributed by atoms with van der Waals surface area (Å²) in [6, 6.07) is 4.26. The number of aryl methyl sites for hydroxylation is 2. The molecule has 1 aliphatic heterocycles. The minimum Gasteiger partial charge on any atom is -0.306 e. The highest BCUT2D eigenvalue weighted by Gasteiger charge is 2.20. The number of hydrogen-bond donors (Lipinski definition) is 0. The molecule has 1 aliphatic rings. The van der Waals surface area contributed by atoms with Gasteiger partial charge in [0.25, 0.3) is 0 Å². The molecule has 0 N–H and O–H groups in total. The lowest BCUT2D eigenvalue weighted by atomic mass is 9.93. The lowest BCUT2D eigenvalue weighted by Gasteiger charge is -2.28. The molecule has 1 fully saturated rings.